The van der Waals surface area contributed by atoms with E-state index in [1.807, 2.05) is 36.2 Å². The predicted molar refractivity (Wildman–Crippen MR) is 128 cm³/mol. The van der Waals surface area contributed by atoms with Crippen LogP contribution in [0, 0.1) is 0 Å². The second kappa shape index (κ2) is 10.4. The second-order valence-corrected chi connectivity index (χ2v) is 9.58. The Kier molecular flexibility index (Phi) is 7.48. The molecular formula is C22H21BrF3N5O2S. The summed E-state index contributed by atoms with van der Waals surface area (Å²) < 4.78 is 46.4. The molecule has 180 valence electrons. The van der Waals surface area contributed by atoms with Crippen LogP contribution in [-0.4, -0.2) is 60.0 Å². The van der Waals surface area contributed by atoms with Crippen molar-refractivity contribution < 1.29 is 22.4 Å². The molecule has 2 heterocycles. The SMILES string of the molecule is CN1CCN(c2ccc(C(F)(F)F)cc2NC(=O)CSc2nnc(-c3ccc(Br)cc3)o2)CC1. The number of nitrogens with zero attached hydrogens (tertiary/aromatic N) is 4. The maximum atomic E-state index is 13.3. The number of amides is 1. The Hall–Kier alpha value is -2.57. The molecule has 1 saturated heterocycles. The summed E-state index contributed by atoms with van der Waals surface area (Å²) in [4.78, 5) is 16.7. The number of alkyl halides is 3. The number of anilines is 2. The van der Waals surface area contributed by atoms with E-state index in [0.717, 1.165) is 47.0 Å². The molecule has 1 amide bonds. The van der Waals surface area contributed by atoms with E-state index in [9.17, 15) is 18.0 Å². The summed E-state index contributed by atoms with van der Waals surface area (Å²) in [6.07, 6.45) is -4.51. The Morgan fingerprint density at radius 3 is 2.50 bits per heavy atom. The van der Waals surface area contributed by atoms with E-state index in [-0.39, 0.29) is 16.7 Å². The average Bonchev–Trinajstić information content (AvgIpc) is 3.27. The van der Waals surface area contributed by atoms with Gasteiger partial charge in [0.25, 0.3) is 5.22 Å². The molecule has 0 unspecified atom stereocenters. The van der Waals surface area contributed by atoms with Crippen LogP contribution in [0.4, 0.5) is 24.5 Å². The second-order valence-electron chi connectivity index (χ2n) is 7.74. The quantitative estimate of drug-likeness (QED) is 0.429. The van der Waals surface area contributed by atoms with Crippen LogP contribution in [0.5, 0.6) is 0 Å². The topological polar surface area (TPSA) is 74.5 Å². The largest absolute Gasteiger partial charge is 0.416 e. The summed E-state index contributed by atoms with van der Waals surface area (Å²) in [6.45, 7) is 2.87. The highest BCUT2D eigenvalue weighted by molar-refractivity contribution is 9.10. The molecule has 1 aromatic heterocycles. The van der Waals surface area contributed by atoms with E-state index in [4.69, 9.17) is 4.42 Å². The molecule has 1 aliphatic rings. The van der Waals surface area contributed by atoms with E-state index in [0.29, 0.717) is 24.7 Å². The van der Waals surface area contributed by atoms with Gasteiger partial charge in [0, 0.05) is 36.2 Å². The molecule has 4 rings (SSSR count). The van der Waals surface area contributed by atoms with Gasteiger partial charge in [-0.05, 0) is 49.5 Å². The van der Waals surface area contributed by atoms with Crippen LogP contribution >= 0.6 is 27.7 Å². The Morgan fingerprint density at radius 1 is 1.12 bits per heavy atom. The normalized spacial score (nSPS) is 14.9. The Labute approximate surface area is 206 Å². The van der Waals surface area contributed by atoms with Gasteiger partial charge in [0.05, 0.1) is 22.7 Å². The fourth-order valence-corrected chi connectivity index (χ4v) is 4.25. The lowest BCUT2D eigenvalue weighted by Gasteiger charge is -2.35. The van der Waals surface area contributed by atoms with Gasteiger partial charge in [-0.3, -0.25) is 4.79 Å². The number of thioether (sulfide) groups is 1. The number of rotatable bonds is 6. The summed E-state index contributed by atoms with van der Waals surface area (Å²) >= 11 is 4.37. The molecule has 0 radical (unpaired) electrons. The molecule has 1 N–H and O–H groups in total. The van der Waals surface area contributed by atoms with E-state index >= 15 is 0 Å². The van der Waals surface area contributed by atoms with Crippen molar-refractivity contribution >= 4 is 45.0 Å². The van der Waals surface area contributed by atoms with Crippen molar-refractivity contribution in [1.82, 2.24) is 15.1 Å². The molecule has 0 spiro atoms. The molecule has 3 aromatic rings. The molecular weight excluding hydrogens is 535 g/mol. The zero-order valence-corrected chi connectivity index (χ0v) is 20.5. The highest BCUT2D eigenvalue weighted by Crippen LogP contribution is 2.36. The third kappa shape index (κ3) is 6.10. The van der Waals surface area contributed by atoms with Crippen molar-refractivity contribution in [2.45, 2.75) is 11.4 Å². The minimum absolute atomic E-state index is 0.0968. The molecule has 34 heavy (non-hydrogen) atoms. The van der Waals surface area contributed by atoms with E-state index in [1.54, 1.807) is 0 Å². The van der Waals surface area contributed by atoms with Gasteiger partial charge in [-0.2, -0.15) is 13.2 Å². The van der Waals surface area contributed by atoms with Crippen molar-refractivity contribution in [2.24, 2.45) is 0 Å². The van der Waals surface area contributed by atoms with Crippen LogP contribution in [0.2, 0.25) is 0 Å². The standard InChI is InChI=1S/C22H21BrF3N5O2S/c1-30-8-10-31(11-9-30)18-7-4-15(22(24,25)26)12-17(18)27-19(32)13-34-21-29-28-20(33-21)14-2-5-16(23)6-3-14/h2-7,12H,8-11,13H2,1H3,(H,27,32). The van der Waals surface area contributed by atoms with Crippen molar-refractivity contribution in [2.75, 3.05) is 49.2 Å². The van der Waals surface area contributed by atoms with Crippen molar-refractivity contribution in [3.05, 3.63) is 52.5 Å². The van der Waals surface area contributed by atoms with Gasteiger partial charge in [-0.15, -0.1) is 10.2 Å². The van der Waals surface area contributed by atoms with Crippen LogP contribution in [0.1, 0.15) is 5.56 Å². The number of hydrogen-bond acceptors (Lipinski definition) is 7. The monoisotopic (exact) mass is 555 g/mol. The Morgan fingerprint density at radius 2 is 1.82 bits per heavy atom. The van der Waals surface area contributed by atoms with E-state index in [1.165, 1.54) is 6.07 Å². The predicted octanol–water partition coefficient (Wildman–Crippen LogP) is 5.00. The fourth-order valence-electron chi connectivity index (χ4n) is 3.43. The first-order valence-electron chi connectivity index (χ1n) is 10.4. The van der Waals surface area contributed by atoms with Crippen LogP contribution in [0.25, 0.3) is 11.5 Å². The number of carbonyl (C=O) groups is 1. The zero-order chi connectivity index (χ0) is 24.3. The lowest BCUT2D eigenvalue weighted by Crippen LogP contribution is -2.44. The maximum Gasteiger partial charge on any atom is 0.416 e. The smallest absolute Gasteiger partial charge is 0.411 e. The number of likely N-dealkylation sites (N-methyl/N-ethyl adjacent to an activating group) is 1. The van der Waals surface area contributed by atoms with Crippen molar-refractivity contribution in [1.29, 1.82) is 0 Å². The summed E-state index contributed by atoms with van der Waals surface area (Å²) in [6, 6.07) is 10.7. The number of carbonyl (C=O) groups excluding carboxylic acids is 1. The molecule has 2 aromatic carbocycles. The number of nitrogens with one attached hydrogen (secondary N) is 1. The van der Waals surface area contributed by atoms with Gasteiger partial charge >= 0.3 is 6.18 Å². The molecule has 0 bridgehead atoms. The average molecular weight is 556 g/mol. The highest BCUT2D eigenvalue weighted by atomic mass is 79.9. The molecule has 1 fully saturated rings. The maximum absolute atomic E-state index is 13.3. The van der Waals surface area contributed by atoms with Gasteiger partial charge in [-0.25, -0.2) is 0 Å². The van der Waals surface area contributed by atoms with Gasteiger partial charge in [-0.1, -0.05) is 27.7 Å². The third-order valence-corrected chi connectivity index (χ3v) is 6.61. The number of piperazine rings is 1. The first-order chi connectivity index (χ1) is 16.2. The lowest BCUT2D eigenvalue weighted by molar-refractivity contribution is -0.137. The van der Waals surface area contributed by atoms with E-state index < -0.39 is 17.6 Å². The number of halogens is 4. The zero-order valence-electron chi connectivity index (χ0n) is 18.1. The first-order valence-corrected chi connectivity index (χ1v) is 12.1. The van der Waals surface area contributed by atoms with E-state index in [2.05, 4.69) is 36.3 Å². The summed E-state index contributed by atoms with van der Waals surface area (Å²) in [5, 5.41) is 10.7. The number of hydrogen-bond donors (Lipinski definition) is 1. The summed E-state index contributed by atoms with van der Waals surface area (Å²) in [7, 11) is 1.99. The number of benzene rings is 2. The minimum Gasteiger partial charge on any atom is -0.411 e. The Bertz CT molecular complexity index is 1150. The first kappa shape index (κ1) is 24.6. The van der Waals surface area contributed by atoms with Crippen LogP contribution in [-0.2, 0) is 11.0 Å². The van der Waals surface area contributed by atoms with Gasteiger partial charge in [0.1, 0.15) is 0 Å². The van der Waals surface area contributed by atoms with Crippen molar-refractivity contribution in [3.63, 3.8) is 0 Å². The highest BCUT2D eigenvalue weighted by Gasteiger charge is 2.32. The minimum atomic E-state index is -4.51. The molecule has 0 aliphatic carbocycles. The molecule has 7 nitrogen and oxygen atoms in total. The molecule has 1 aliphatic heterocycles. The van der Waals surface area contributed by atoms with Crippen molar-refractivity contribution in [3.8, 4) is 11.5 Å². The van der Waals surface area contributed by atoms with Crippen LogP contribution < -0.4 is 10.2 Å². The molecule has 0 atom stereocenters. The van der Waals surface area contributed by atoms with Gasteiger partial charge in [0.2, 0.25) is 11.8 Å². The van der Waals surface area contributed by atoms with Gasteiger partial charge < -0.3 is 19.5 Å². The Balaban J connectivity index is 1.45. The van der Waals surface area contributed by atoms with Gasteiger partial charge in [0.15, 0.2) is 0 Å². The fraction of sp³-hybridized carbons (Fsp3) is 0.318. The molecule has 12 heteroatoms. The lowest BCUT2D eigenvalue weighted by atomic mass is 10.1. The third-order valence-electron chi connectivity index (χ3n) is 5.27. The van der Waals surface area contributed by atoms with Crippen LogP contribution in [0.3, 0.4) is 0 Å². The summed E-state index contributed by atoms with van der Waals surface area (Å²) in [5.74, 6) is -0.255. The molecule has 0 saturated carbocycles. The number of aromatic nitrogens is 2. The summed E-state index contributed by atoms with van der Waals surface area (Å²) in [5.41, 5.74) is 0.609. The van der Waals surface area contributed by atoms with Crippen LogP contribution in [0.15, 0.2) is 56.6 Å².